The molecular weight excluding hydrogens is 347 g/mol. The Labute approximate surface area is 143 Å². The van der Waals surface area contributed by atoms with E-state index in [4.69, 9.17) is 5.73 Å². The van der Waals surface area contributed by atoms with Gasteiger partial charge in [-0.05, 0) is 12.5 Å². The van der Waals surface area contributed by atoms with Crippen LogP contribution in [0, 0.1) is 6.92 Å². The van der Waals surface area contributed by atoms with Crippen molar-refractivity contribution in [3.8, 4) is 0 Å². The van der Waals surface area contributed by atoms with E-state index in [0.29, 0.717) is 24.6 Å². The molecule has 0 unspecified atom stereocenters. The summed E-state index contributed by atoms with van der Waals surface area (Å²) in [7, 11) is 0. The lowest BCUT2D eigenvalue weighted by Gasteiger charge is -2.21. The Bertz CT molecular complexity index is 602. The number of benzene rings is 1. The van der Waals surface area contributed by atoms with Crippen molar-refractivity contribution in [1.29, 1.82) is 0 Å². The summed E-state index contributed by atoms with van der Waals surface area (Å²) in [5, 5.41) is 0.426. The Morgan fingerprint density at radius 1 is 1.17 bits per heavy atom. The molecule has 23 heavy (non-hydrogen) atoms. The van der Waals surface area contributed by atoms with Crippen LogP contribution in [-0.4, -0.2) is 23.0 Å². The molecule has 0 aliphatic rings. The van der Waals surface area contributed by atoms with Gasteiger partial charge in [0.15, 0.2) is 5.69 Å². The first-order valence-corrected chi connectivity index (χ1v) is 7.71. The highest BCUT2D eigenvalue weighted by molar-refractivity contribution is 7.11. The van der Waals surface area contributed by atoms with Crippen molar-refractivity contribution in [2.24, 2.45) is 5.73 Å². The number of thiazole rings is 1. The van der Waals surface area contributed by atoms with E-state index in [2.05, 4.69) is 4.98 Å². The number of hydrogen-bond acceptors (Lipinski definition) is 4. The number of rotatable bonds is 6. The normalized spacial score (nSPS) is 11.6. The summed E-state index contributed by atoms with van der Waals surface area (Å²) in [6, 6.07) is 9.63. The van der Waals surface area contributed by atoms with Gasteiger partial charge in [0.25, 0.3) is 0 Å². The number of hydrogen-bond donors (Lipinski definition) is 1. The highest BCUT2D eigenvalue weighted by atomic mass is 35.5. The van der Waals surface area contributed by atoms with Gasteiger partial charge < -0.3 is 5.73 Å². The molecule has 0 spiro atoms. The first kappa shape index (κ1) is 19.9. The van der Waals surface area contributed by atoms with Crippen molar-refractivity contribution in [3.05, 3.63) is 51.5 Å². The molecule has 8 heteroatoms. The van der Waals surface area contributed by atoms with Crippen LogP contribution in [0.4, 0.5) is 13.2 Å². The number of alkyl halides is 3. The summed E-state index contributed by atoms with van der Waals surface area (Å²) in [5.74, 6) is 0. The van der Waals surface area contributed by atoms with Gasteiger partial charge in [0.1, 0.15) is 0 Å². The number of aromatic nitrogens is 1. The van der Waals surface area contributed by atoms with Gasteiger partial charge in [-0.25, -0.2) is 4.98 Å². The molecule has 2 aromatic rings. The van der Waals surface area contributed by atoms with Crippen molar-refractivity contribution >= 4 is 23.7 Å². The van der Waals surface area contributed by atoms with Gasteiger partial charge in [-0.15, -0.1) is 23.7 Å². The third-order valence-electron chi connectivity index (χ3n) is 3.13. The zero-order valence-electron chi connectivity index (χ0n) is 12.6. The average molecular weight is 366 g/mol. The van der Waals surface area contributed by atoms with Crippen LogP contribution in [0.25, 0.3) is 0 Å². The van der Waals surface area contributed by atoms with Crippen LogP contribution in [0.5, 0.6) is 0 Å². The second-order valence-electron chi connectivity index (χ2n) is 4.99. The van der Waals surface area contributed by atoms with Crippen LogP contribution in [0.15, 0.2) is 30.3 Å². The number of aryl methyl sites for hydroxylation is 1. The molecule has 2 rings (SSSR count). The molecule has 1 aromatic carbocycles. The summed E-state index contributed by atoms with van der Waals surface area (Å²) in [5.41, 5.74) is 5.86. The van der Waals surface area contributed by atoms with Crippen LogP contribution in [0.1, 0.15) is 21.1 Å². The summed E-state index contributed by atoms with van der Waals surface area (Å²) in [4.78, 5) is 5.80. The maximum absolute atomic E-state index is 13.0. The standard InChI is InChI=1S/C15H18F3N3S.ClH/c1-11-20-14(15(16,17)18)13(22-11)10-21(8-7-19)9-12-5-3-2-4-6-12;/h2-6H,7-10,19H2,1H3;1H. The molecule has 0 aliphatic heterocycles. The largest absolute Gasteiger partial charge is 0.434 e. The van der Waals surface area contributed by atoms with E-state index in [0.717, 1.165) is 16.9 Å². The van der Waals surface area contributed by atoms with E-state index >= 15 is 0 Å². The molecule has 0 atom stereocenters. The van der Waals surface area contributed by atoms with E-state index < -0.39 is 11.9 Å². The minimum Gasteiger partial charge on any atom is -0.329 e. The highest BCUT2D eigenvalue weighted by Gasteiger charge is 2.37. The molecule has 0 radical (unpaired) electrons. The van der Waals surface area contributed by atoms with E-state index in [-0.39, 0.29) is 23.8 Å². The Morgan fingerprint density at radius 3 is 2.39 bits per heavy atom. The van der Waals surface area contributed by atoms with Gasteiger partial charge >= 0.3 is 6.18 Å². The SMILES string of the molecule is Cc1nc(C(F)(F)F)c(CN(CCN)Cc2ccccc2)s1.Cl. The maximum atomic E-state index is 13.0. The van der Waals surface area contributed by atoms with E-state index in [1.54, 1.807) is 6.92 Å². The van der Waals surface area contributed by atoms with E-state index in [1.807, 2.05) is 35.2 Å². The Balaban J connectivity index is 0.00000264. The predicted molar refractivity (Wildman–Crippen MR) is 88.7 cm³/mol. The molecule has 2 N–H and O–H groups in total. The van der Waals surface area contributed by atoms with Crippen molar-refractivity contribution in [2.75, 3.05) is 13.1 Å². The number of halogens is 4. The molecule has 0 bridgehead atoms. The summed E-state index contributed by atoms with van der Waals surface area (Å²) in [6.45, 7) is 3.28. The second-order valence-corrected chi connectivity index (χ2v) is 6.28. The Morgan fingerprint density at radius 2 is 1.83 bits per heavy atom. The van der Waals surface area contributed by atoms with Crippen molar-refractivity contribution in [1.82, 2.24) is 9.88 Å². The maximum Gasteiger partial charge on any atom is 0.434 e. The molecule has 128 valence electrons. The van der Waals surface area contributed by atoms with Gasteiger partial charge in [-0.2, -0.15) is 13.2 Å². The zero-order chi connectivity index (χ0) is 16.2. The van der Waals surface area contributed by atoms with Crippen molar-refractivity contribution < 1.29 is 13.2 Å². The third-order valence-corrected chi connectivity index (χ3v) is 4.09. The second kappa shape index (κ2) is 8.63. The molecule has 0 fully saturated rings. The minimum absolute atomic E-state index is 0. The van der Waals surface area contributed by atoms with Crippen molar-refractivity contribution in [2.45, 2.75) is 26.2 Å². The van der Waals surface area contributed by atoms with Crippen molar-refractivity contribution in [3.63, 3.8) is 0 Å². The molecule has 0 saturated heterocycles. The quantitative estimate of drug-likeness (QED) is 0.845. The average Bonchev–Trinajstić information content (AvgIpc) is 2.81. The molecule has 3 nitrogen and oxygen atoms in total. The van der Waals surface area contributed by atoms with Gasteiger partial charge in [-0.3, -0.25) is 4.90 Å². The zero-order valence-corrected chi connectivity index (χ0v) is 14.3. The lowest BCUT2D eigenvalue weighted by molar-refractivity contribution is -0.141. The smallest absolute Gasteiger partial charge is 0.329 e. The van der Waals surface area contributed by atoms with Gasteiger partial charge in [0.2, 0.25) is 0 Å². The monoisotopic (exact) mass is 365 g/mol. The molecule has 0 saturated carbocycles. The Hall–Kier alpha value is -1.15. The topological polar surface area (TPSA) is 42.2 Å². The van der Waals surface area contributed by atoms with Crippen LogP contribution >= 0.6 is 23.7 Å². The fraction of sp³-hybridized carbons (Fsp3) is 0.400. The molecule has 1 heterocycles. The van der Waals surface area contributed by atoms with Gasteiger partial charge in [-0.1, -0.05) is 30.3 Å². The number of nitrogens with zero attached hydrogens (tertiary/aromatic N) is 2. The number of nitrogens with two attached hydrogens (primary N) is 1. The van der Waals surface area contributed by atoms with E-state index in [1.165, 1.54) is 0 Å². The first-order valence-electron chi connectivity index (χ1n) is 6.90. The lowest BCUT2D eigenvalue weighted by Crippen LogP contribution is -2.29. The highest BCUT2D eigenvalue weighted by Crippen LogP contribution is 2.34. The predicted octanol–water partition coefficient (Wildman–Crippen LogP) is 3.85. The first-order chi connectivity index (χ1) is 10.4. The van der Waals surface area contributed by atoms with Gasteiger partial charge in [0, 0.05) is 26.2 Å². The summed E-state index contributed by atoms with van der Waals surface area (Å²) >= 11 is 1.09. The molecule has 0 amide bonds. The van der Waals surface area contributed by atoms with Gasteiger partial charge in [0.05, 0.1) is 9.88 Å². The molecule has 1 aromatic heterocycles. The minimum atomic E-state index is -4.42. The Kier molecular flexibility index (Phi) is 7.47. The van der Waals surface area contributed by atoms with Crippen LogP contribution in [0.2, 0.25) is 0 Å². The third kappa shape index (κ3) is 5.76. The molecule has 0 aliphatic carbocycles. The van der Waals surface area contributed by atoms with Crippen LogP contribution in [0.3, 0.4) is 0 Å². The fourth-order valence-electron chi connectivity index (χ4n) is 2.24. The van der Waals surface area contributed by atoms with Crippen LogP contribution in [-0.2, 0) is 19.3 Å². The summed E-state index contributed by atoms with van der Waals surface area (Å²) in [6.07, 6.45) is -4.42. The fourth-order valence-corrected chi connectivity index (χ4v) is 3.24. The molecular formula is C15H19ClF3N3S. The lowest BCUT2D eigenvalue weighted by atomic mass is 10.2. The van der Waals surface area contributed by atoms with Crippen LogP contribution < -0.4 is 5.73 Å². The summed E-state index contributed by atoms with van der Waals surface area (Å²) < 4.78 is 39.1. The van der Waals surface area contributed by atoms with E-state index in [9.17, 15) is 13.2 Å².